The Hall–Kier alpha value is -1.60. The molecule has 0 aliphatic heterocycles. The van der Waals surface area contributed by atoms with E-state index in [1.54, 1.807) is 0 Å². The first kappa shape index (κ1) is 14.8. The SMILES string of the molecule is OCCCc1cn(-c2ccc(Cl)cc2C(F)(F)F)nn1. The van der Waals surface area contributed by atoms with Gasteiger partial charge in [-0.1, -0.05) is 16.8 Å². The van der Waals surface area contributed by atoms with Crippen LogP contribution in [0, 0.1) is 0 Å². The minimum absolute atomic E-state index is 0.00157. The number of rotatable bonds is 4. The van der Waals surface area contributed by atoms with Crippen molar-refractivity contribution in [2.45, 2.75) is 19.0 Å². The highest BCUT2D eigenvalue weighted by Gasteiger charge is 2.34. The van der Waals surface area contributed by atoms with Crippen LogP contribution in [0.3, 0.4) is 0 Å². The molecule has 20 heavy (non-hydrogen) atoms. The lowest BCUT2D eigenvalue weighted by Gasteiger charge is -2.12. The van der Waals surface area contributed by atoms with Crippen LogP contribution in [0.1, 0.15) is 17.7 Å². The molecule has 0 unspecified atom stereocenters. The number of hydrogen-bond acceptors (Lipinski definition) is 3. The van der Waals surface area contributed by atoms with Gasteiger partial charge >= 0.3 is 6.18 Å². The molecule has 0 saturated heterocycles. The fourth-order valence-corrected chi connectivity index (χ4v) is 1.90. The van der Waals surface area contributed by atoms with Gasteiger partial charge < -0.3 is 5.11 Å². The Morgan fingerprint density at radius 1 is 1.30 bits per heavy atom. The van der Waals surface area contributed by atoms with E-state index in [0.29, 0.717) is 18.5 Å². The van der Waals surface area contributed by atoms with E-state index in [1.807, 2.05) is 0 Å². The van der Waals surface area contributed by atoms with Crippen LogP contribution >= 0.6 is 11.6 Å². The first-order valence-corrected chi connectivity index (χ1v) is 6.19. The van der Waals surface area contributed by atoms with E-state index in [0.717, 1.165) is 10.7 Å². The lowest BCUT2D eigenvalue weighted by atomic mass is 10.1. The molecule has 1 N–H and O–H groups in total. The van der Waals surface area contributed by atoms with Crippen LogP contribution in [0.15, 0.2) is 24.4 Å². The van der Waals surface area contributed by atoms with Gasteiger partial charge in [0.05, 0.1) is 23.1 Å². The standard InChI is InChI=1S/C12H11ClF3N3O/c13-8-3-4-11(10(6-8)12(14,15)16)19-7-9(17-18-19)2-1-5-20/h3-4,6-7,20H,1-2,5H2. The zero-order chi connectivity index (χ0) is 14.8. The molecule has 0 radical (unpaired) electrons. The molecule has 0 bridgehead atoms. The quantitative estimate of drug-likeness (QED) is 0.945. The Morgan fingerprint density at radius 2 is 2.05 bits per heavy atom. The van der Waals surface area contributed by atoms with E-state index < -0.39 is 11.7 Å². The molecule has 0 aliphatic rings. The van der Waals surface area contributed by atoms with E-state index in [-0.39, 0.29) is 17.3 Å². The smallest absolute Gasteiger partial charge is 0.396 e. The van der Waals surface area contributed by atoms with Crippen molar-refractivity contribution in [2.75, 3.05) is 6.61 Å². The second kappa shape index (κ2) is 5.80. The maximum Gasteiger partial charge on any atom is 0.418 e. The molecule has 1 aromatic heterocycles. The minimum Gasteiger partial charge on any atom is -0.396 e. The minimum atomic E-state index is -4.53. The number of hydrogen-bond donors (Lipinski definition) is 1. The zero-order valence-corrected chi connectivity index (χ0v) is 11.0. The van der Waals surface area contributed by atoms with Gasteiger partial charge in [-0.05, 0) is 31.0 Å². The van der Waals surface area contributed by atoms with Gasteiger partial charge in [-0.2, -0.15) is 13.2 Å². The van der Waals surface area contributed by atoms with Crippen molar-refractivity contribution in [3.8, 4) is 5.69 Å². The Kier molecular flexibility index (Phi) is 4.29. The van der Waals surface area contributed by atoms with Gasteiger partial charge in [0.1, 0.15) is 0 Å². The van der Waals surface area contributed by atoms with Gasteiger partial charge in [-0.15, -0.1) is 5.10 Å². The number of aliphatic hydroxyl groups is 1. The predicted molar refractivity (Wildman–Crippen MR) is 66.8 cm³/mol. The molecule has 0 aliphatic carbocycles. The summed E-state index contributed by atoms with van der Waals surface area (Å²) in [4.78, 5) is 0. The van der Waals surface area contributed by atoms with Gasteiger partial charge in [-0.25, -0.2) is 4.68 Å². The maximum absolute atomic E-state index is 13.0. The summed E-state index contributed by atoms with van der Waals surface area (Å²) in [6.45, 7) is -0.0123. The van der Waals surface area contributed by atoms with Crippen LogP contribution in [0.25, 0.3) is 5.69 Å². The average Bonchev–Trinajstić information content (AvgIpc) is 2.84. The van der Waals surface area contributed by atoms with Crippen LogP contribution in [0.2, 0.25) is 5.02 Å². The first-order chi connectivity index (χ1) is 9.41. The summed E-state index contributed by atoms with van der Waals surface area (Å²) in [6, 6.07) is 3.46. The Labute approximate surface area is 117 Å². The fraction of sp³-hybridized carbons (Fsp3) is 0.333. The average molecular weight is 306 g/mol. The van der Waals surface area contributed by atoms with Gasteiger partial charge in [0, 0.05) is 11.6 Å². The van der Waals surface area contributed by atoms with Crippen LogP contribution in [0.5, 0.6) is 0 Å². The van der Waals surface area contributed by atoms with Gasteiger partial charge in [-0.3, -0.25) is 0 Å². The normalized spacial score (nSPS) is 11.8. The third kappa shape index (κ3) is 3.29. The van der Waals surface area contributed by atoms with Crippen LogP contribution in [-0.2, 0) is 12.6 Å². The van der Waals surface area contributed by atoms with Crippen molar-refractivity contribution in [1.82, 2.24) is 15.0 Å². The highest BCUT2D eigenvalue weighted by atomic mass is 35.5. The van der Waals surface area contributed by atoms with Gasteiger partial charge in [0.25, 0.3) is 0 Å². The van der Waals surface area contributed by atoms with Crippen molar-refractivity contribution in [2.24, 2.45) is 0 Å². The van der Waals surface area contributed by atoms with E-state index in [4.69, 9.17) is 16.7 Å². The summed E-state index contributed by atoms with van der Waals surface area (Å²) >= 11 is 5.61. The van der Waals surface area contributed by atoms with Crippen LogP contribution in [-0.4, -0.2) is 26.7 Å². The molecule has 0 amide bonds. The Balaban J connectivity index is 2.39. The summed E-state index contributed by atoms with van der Waals surface area (Å²) in [6.07, 6.45) is -2.19. The van der Waals surface area contributed by atoms with E-state index in [1.165, 1.54) is 18.3 Å². The molecule has 4 nitrogen and oxygen atoms in total. The van der Waals surface area contributed by atoms with E-state index in [9.17, 15) is 13.2 Å². The number of aromatic nitrogens is 3. The highest BCUT2D eigenvalue weighted by molar-refractivity contribution is 6.30. The van der Waals surface area contributed by atoms with Gasteiger partial charge in [0.15, 0.2) is 0 Å². The molecule has 108 valence electrons. The summed E-state index contributed by atoms with van der Waals surface area (Å²) in [5.41, 5.74) is -0.490. The molecule has 1 aromatic carbocycles. The highest BCUT2D eigenvalue weighted by Crippen LogP contribution is 2.35. The number of halogens is 4. The number of aryl methyl sites for hydroxylation is 1. The Morgan fingerprint density at radius 3 is 2.70 bits per heavy atom. The molecular weight excluding hydrogens is 295 g/mol. The van der Waals surface area contributed by atoms with Crippen molar-refractivity contribution in [3.63, 3.8) is 0 Å². The third-order valence-electron chi connectivity index (χ3n) is 2.64. The largest absolute Gasteiger partial charge is 0.418 e. The lowest BCUT2D eigenvalue weighted by molar-refractivity contribution is -0.137. The number of nitrogens with zero attached hydrogens (tertiary/aromatic N) is 3. The predicted octanol–water partition coefficient (Wildman–Crippen LogP) is 2.86. The lowest BCUT2D eigenvalue weighted by Crippen LogP contribution is -2.11. The summed E-state index contributed by atoms with van der Waals surface area (Å²) < 4.78 is 40.0. The summed E-state index contributed by atoms with van der Waals surface area (Å²) in [7, 11) is 0. The van der Waals surface area contributed by atoms with Crippen molar-refractivity contribution in [1.29, 1.82) is 0 Å². The summed E-state index contributed by atoms with van der Waals surface area (Å²) in [5.74, 6) is 0. The number of benzene rings is 1. The molecule has 2 rings (SSSR count). The zero-order valence-electron chi connectivity index (χ0n) is 10.2. The topological polar surface area (TPSA) is 50.9 Å². The molecule has 0 fully saturated rings. The molecule has 0 saturated carbocycles. The first-order valence-electron chi connectivity index (χ1n) is 5.81. The molecule has 1 heterocycles. The number of aliphatic hydroxyl groups excluding tert-OH is 1. The van der Waals surface area contributed by atoms with Crippen molar-refractivity contribution < 1.29 is 18.3 Å². The van der Waals surface area contributed by atoms with Crippen LogP contribution < -0.4 is 0 Å². The fourth-order valence-electron chi connectivity index (χ4n) is 1.73. The molecule has 0 spiro atoms. The molecular formula is C12H11ClF3N3O. The monoisotopic (exact) mass is 305 g/mol. The summed E-state index contributed by atoms with van der Waals surface area (Å²) in [5, 5.41) is 16.2. The third-order valence-corrected chi connectivity index (χ3v) is 2.88. The van der Waals surface area contributed by atoms with E-state index >= 15 is 0 Å². The molecule has 8 heteroatoms. The Bertz CT molecular complexity index is 598. The molecule has 0 atom stereocenters. The second-order valence-electron chi connectivity index (χ2n) is 4.14. The second-order valence-corrected chi connectivity index (χ2v) is 4.58. The van der Waals surface area contributed by atoms with Gasteiger partial charge in [0.2, 0.25) is 0 Å². The van der Waals surface area contributed by atoms with Crippen LogP contribution in [0.4, 0.5) is 13.2 Å². The number of alkyl halides is 3. The van der Waals surface area contributed by atoms with Crippen molar-refractivity contribution >= 4 is 11.6 Å². The molecule has 2 aromatic rings. The van der Waals surface area contributed by atoms with Crippen molar-refractivity contribution in [3.05, 3.63) is 40.7 Å². The maximum atomic E-state index is 13.0. The van der Waals surface area contributed by atoms with E-state index in [2.05, 4.69) is 10.3 Å².